The van der Waals surface area contributed by atoms with E-state index in [2.05, 4.69) is 9.46 Å². The van der Waals surface area contributed by atoms with E-state index < -0.39 is 22.8 Å². The Morgan fingerprint density at radius 2 is 1.87 bits per heavy atom. The highest BCUT2D eigenvalue weighted by Gasteiger charge is 2.27. The third-order valence-electron chi connectivity index (χ3n) is 1.35. The molecule has 0 saturated carbocycles. The van der Waals surface area contributed by atoms with Crippen molar-refractivity contribution in [1.29, 1.82) is 0 Å². The maximum absolute atomic E-state index is 11.6. The SMILES string of the molecule is CS(=O)(=O)NCCCCOCC(F)(F)F. The predicted octanol–water partition coefficient (Wildman–Crippen LogP) is 0.895. The summed E-state index contributed by atoms with van der Waals surface area (Å²) in [4.78, 5) is 0. The lowest BCUT2D eigenvalue weighted by molar-refractivity contribution is -0.174. The van der Waals surface area contributed by atoms with Crippen LogP contribution in [0.2, 0.25) is 0 Å². The van der Waals surface area contributed by atoms with Gasteiger partial charge in [-0.3, -0.25) is 0 Å². The minimum Gasteiger partial charge on any atom is -0.372 e. The van der Waals surface area contributed by atoms with E-state index in [9.17, 15) is 21.6 Å². The normalized spacial score (nSPS) is 13.1. The first-order chi connectivity index (χ1) is 6.71. The van der Waals surface area contributed by atoms with Gasteiger partial charge in [0.15, 0.2) is 0 Å². The largest absolute Gasteiger partial charge is 0.411 e. The molecule has 0 aliphatic heterocycles. The first-order valence-electron chi connectivity index (χ1n) is 4.30. The summed E-state index contributed by atoms with van der Waals surface area (Å²) in [5, 5.41) is 0. The molecule has 0 bridgehead atoms. The Kier molecular flexibility index (Phi) is 6.15. The molecular formula is C7H14F3NO3S. The Hall–Kier alpha value is -0.340. The molecule has 0 fully saturated rings. The maximum Gasteiger partial charge on any atom is 0.411 e. The van der Waals surface area contributed by atoms with Crippen molar-refractivity contribution in [2.75, 3.05) is 26.0 Å². The van der Waals surface area contributed by atoms with Crippen LogP contribution in [0.25, 0.3) is 0 Å². The van der Waals surface area contributed by atoms with Crippen LogP contribution in [-0.2, 0) is 14.8 Å². The fourth-order valence-electron chi connectivity index (χ4n) is 0.775. The molecule has 0 rings (SSSR count). The topological polar surface area (TPSA) is 55.4 Å². The summed E-state index contributed by atoms with van der Waals surface area (Å²) >= 11 is 0. The van der Waals surface area contributed by atoms with Crippen molar-refractivity contribution < 1.29 is 26.3 Å². The number of sulfonamides is 1. The lowest BCUT2D eigenvalue weighted by atomic mass is 10.3. The molecule has 0 atom stereocenters. The van der Waals surface area contributed by atoms with Crippen molar-refractivity contribution in [3.8, 4) is 0 Å². The highest BCUT2D eigenvalue weighted by atomic mass is 32.2. The summed E-state index contributed by atoms with van der Waals surface area (Å²) in [6.07, 6.45) is -2.44. The molecule has 0 heterocycles. The van der Waals surface area contributed by atoms with Crippen LogP contribution in [0.5, 0.6) is 0 Å². The standard InChI is InChI=1S/C7H14F3NO3S/c1-15(12,13)11-4-2-3-5-14-6-7(8,9)10/h11H,2-6H2,1H3. The summed E-state index contributed by atoms with van der Waals surface area (Å²) in [6.45, 7) is -1.06. The van der Waals surface area contributed by atoms with Crippen LogP contribution < -0.4 is 4.72 Å². The monoisotopic (exact) mass is 249 g/mol. The van der Waals surface area contributed by atoms with Crippen LogP contribution in [0.15, 0.2) is 0 Å². The van der Waals surface area contributed by atoms with Gasteiger partial charge in [-0.15, -0.1) is 0 Å². The summed E-state index contributed by atoms with van der Waals surface area (Å²) in [7, 11) is -3.21. The van der Waals surface area contributed by atoms with Gasteiger partial charge in [-0.1, -0.05) is 0 Å². The molecule has 0 aliphatic carbocycles. The number of halogens is 3. The third-order valence-corrected chi connectivity index (χ3v) is 2.07. The maximum atomic E-state index is 11.6. The lowest BCUT2D eigenvalue weighted by Gasteiger charge is -2.07. The third kappa shape index (κ3) is 13.7. The zero-order valence-electron chi connectivity index (χ0n) is 8.30. The average Bonchev–Trinajstić information content (AvgIpc) is 1.98. The smallest absolute Gasteiger partial charge is 0.372 e. The first-order valence-corrected chi connectivity index (χ1v) is 6.19. The molecule has 0 aromatic heterocycles. The molecule has 0 amide bonds. The minimum absolute atomic E-state index is 0.0229. The number of hydrogen-bond acceptors (Lipinski definition) is 3. The van der Waals surface area contributed by atoms with Crippen LogP contribution in [0.4, 0.5) is 13.2 Å². The van der Waals surface area contributed by atoms with Crippen LogP contribution in [0, 0.1) is 0 Å². The van der Waals surface area contributed by atoms with Gasteiger partial charge in [0.05, 0.1) is 6.26 Å². The van der Waals surface area contributed by atoms with Crippen molar-refractivity contribution in [2.24, 2.45) is 0 Å². The van der Waals surface area contributed by atoms with Gasteiger partial charge in [0.2, 0.25) is 10.0 Å². The molecule has 0 aromatic rings. The van der Waals surface area contributed by atoms with Crippen LogP contribution in [-0.4, -0.2) is 40.6 Å². The number of alkyl halides is 3. The Balaban J connectivity index is 3.27. The Morgan fingerprint density at radius 1 is 1.27 bits per heavy atom. The van der Waals surface area contributed by atoms with Crippen LogP contribution in [0.3, 0.4) is 0 Å². The molecule has 0 spiro atoms. The minimum atomic E-state index is -4.30. The van der Waals surface area contributed by atoms with Gasteiger partial charge in [-0.2, -0.15) is 13.2 Å². The highest BCUT2D eigenvalue weighted by Crippen LogP contribution is 2.14. The second-order valence-corrected chi connectivity index (χ2v) is 4.87. The van der Waals surface area contributed by atoms with Gasteiger partial charge >= 0.3 is 6.18 Å². The summed E-state index contributed by atoms with van der Waals surface area (Å²) in [5.74, 6) is 0. The summed E-state index contributed by atoms with van der Waals surface area (Å²) < 4.78 is 62.4. The number of rotatable bonds is 7. The molecule has 0 unspecified atom stereocenters. The molecule has 0 radical (unpaired) electrons. The fraction of sp³-hybridized carbons (Fsp3) is 1.00. The van der Waals surface area contributed by atoms with Crippen molar-refractivity contribution in [1.82, 2.24) is 4.72 Å². The molecule has 1 N–H and O–H groups in total. The Morgan fingerprint density at radius 3 is 2.33 bits per heavy atom. The Labute approximate surface area is 86.8 Å². The number of ether oxygens (including phenoxy) is 1. The molecule has 8 heteroatoms. The molecular weight excluding hydrogens is 235 g/mol. The molecule has 15 heavy (non-hydrogen) atoms. The van der Waals surface area contributed by atoms with E-state index in [1.807, 2.05) is 0 Å². The van der Waals surface area contributed by atoms with Gasteiger partial charge in [0.25, 0.3) is 0 Å². The molecule has 0 aliphatic rings. The van der Waals surface area contributed by atoms with E-state index in [1.165, 1.54) is 0 Å². The van der Waals surface area contributed by atoms with Crippen LogP contribution in [0.1, 0.15) is 12.8 Å². The van der Waals surface area contributed by atoms with Gasteiger partial charge in [-0.05, 0) is 12.8 Å². The predicted molar refractivity (Wildman–Crippen MR) is 49.0 cm³/mol. The van der Waals surface area contributed by atoms with Crippen molar-refractivity contribution in [3.63, 3.8) is 0 Å². The van der Waals surface area contributed by atoms with Gasteiger partial charge in [0.1, 0.15) is 6.61 Å². The highest BCUT2D eigenvalue weighted by molar-refractivity contribution is 7.88. The summed E-state index contributed by atoms with van der Waals surface area (Å²) in [5.41, 5.74) is 0. The first kappa shape index (κ1) is 14.7. The van der Waals surface area contributed by atoms with Crippen LogP contribution >= 0.6 is 0 Å². The number of unbranched alkanes of at least 4 members (excludes halogenated alkanes) is 1. The van der Waals surface area contributed by atoms with Gasteiger partial charge < -0.3 is 4.74 Å². The van der Waals surface area contributed by atoms with E-state index in [-0.39, 0.29) is 13.2 Å². The van der Waals surface area contributed by atoms with E-state index in [0.29, 0.717) is 12.8 Å². The number of hydrogen-bond donors (Lipinski definition) is 1. The molecule has 0 aromatic carbocycles. The van der Waals surface area contributed by atoms with E-state index in [4.69, 9.17) is 0 Å². The van der Waals surface area contributed by atoms with Crippen molar-refractivity contribution >= 4 is 10.0 Å². The van der Waals surface area contributed by atoms with Gasteiger partial charge in [0, 0.05) is 13.2 Å². The second-order valence-electron chi connectivity index (χ2n) is 3.04. The quantitative estimate of drug-likeness (QED) is 0.682. The van der Waals surface area contributed by atoms with Gasteiger partial charge in [-0.25, -0.2) is 13.1 Å². The molecule has 0 saturated heterocycles. The zero-order valence-corrected chi connectivity index (χ0v) is 9.12. The van der Waals surface area contributed by atoms with E-state index in [0.717, 1.165) is 6.26 Å². The van der Waals surface area contributed by atoms with Crippen molar-refractivity contribution in [3.05, 3.63) is 0 Å². The van der Waals surface area contributed by atoms with Crippen molar-refractivity contribution in [2.45, 2.75) is 19.0 Å². The Bertz CT molecular complexity index is 263. The number of nitrogens with one attached hydrogen (secondary N) is 1. The molecule has 4 nitrogen and oxygen atoms in total. The average molecular weight is 249 g/mol. The lowest BCUT2D eigenvalue weighted by Crippen LogP contribution is -2.23. The molecule has 92 valence electrons. The fourth-order valence-corrected chi connectivity index (χ4v) is 1.29. The summed E-state index contributed by atoms with van der Waals surface area (Å²) in [6, 6.07) is 0. The second kappa shape index (κ2) is 6.29. The van der Waals surface area contributed by atoms with E-state index in [1.54, 1.807) is 0 Å². The zero-order chi connectivity index (χ0) is 11.9. The van der Waals surface area contributed by atoms with E-state index >= 15 is 0 Å².